The molecule has 1 aromatic carbocycles. The molecule has 0 bridgehead atoms. The van der Waals surface area contributed by atoms with Gasteiger partial charge in [-0.15, -0.1) is 0 Å². The van der Waals surface area contributed by atoms with Gasteiger partial charge in [-0.05, 0) is 31.0 Å². The highest BCUT2D eigenvalue weighted by Crippen LogP contribution is 2.23. The lowest BCUT2D eigenvalue weighted by atomic mass is 9.93. The molecule has 1 aromatic rings. The van der Waals surface area contributed by atoms with Gasteiger partial charge in [-0.3, -0.25) is 4.79 Å². The highest BCUT2D eigenvalue weighted by molar-refractivity contribution is 5.36. The zero-order valence-corrected chi connectivity index (χ0v) is 15.4. The molecular weight excluding hydrogens is 262 g/mol. The van der Waals surface area contributed by atoms with E-state index in [0.29, 0.717) is 18.4 Å². The monoisotopic (exact) mass is 297 g/mol. The molecule has 0 amide bonds. The summed E-state index contributed by atoms with van der Waals surface area (Å²) in [7, 11) is 3.34. The molecule has 0 fully saturated rings. The maximum Gasteiger partial charge on any atom is 0.292 e. The van der Waals surface area contributed by atoms with E-state index in [1.165, 1.54) is 18.2 Å². The quantitative estimate of drug-likeness (QED) is 0.815. The molecule has 0 saturated carbocycles. The lowest BCUT2D eigenvalue weighted by Crippen LogP contribution is -2.22. The summed E-state index contributed by atoms with van der Waals surface area (Å²) in [5.74, 6) is 0.631. The largest absolute Gasteiger partial charge is 0.471 e. The number of nitrogens with one attached hydrogen (secondary N) is 1. The molecule has 1 rings (SSSR count). The van der Waals surface area contributed by atoms with E-state index in [4.69, 9.17) is 4.79 Å². The summed E-state index contributed by atoms with van der Waals surface area (Å²) < 4.78 is 3.86. The second-order valence-electron chi connectivity index (χ2n) is 4.20. The third-order valence-corrected chi connectivity index (χ3v) is 2.60. The molecule has 0 radical (unpaired) electrons. The van der Waals surface area contributed by atoms with Crippen LogP contribution in [0, 0.1) is 12.8 Å². The van der Waals surface area contributed by atoms with Crippen molar-refractivity contribution in [2.45, 2.75) is 54.5 Å². The zero-order chi connectivity index (χ0) is 17.3. The fourth-order valence-electron chi connectivity index (χ4n) is 1.78. The standard InChI is InChI=1S/C12H19N.C2H4O2.2C2H6/c1-9(2)12(13-4)11-8-6-5-7-10(11)3;1-4-2-3;2*1-2/h5-9,12-13H,1-4H3;2H,1H3;2*1-2H3. The van der Waals surface area contributed by atoms with Crippen LogP contribution < -0.4 is 5.32 Å². The average Bonchev–Trinajstić information content (AvgIpc) is 2.54. The molecule has 1 N–H and O–H groups in total. The van der Waals surface area contributed by atoms with Crippen molar-refractivity contribution in [3.05, 3.63) is 35.4 Å². The third kappa shape index (κ3) is 12.1. The number of rotatable bonds is 4. The van der Waals surface area contributed by atoms with Gasteiger partial charge < -0.3 is 10.1 Å². The van der Waals surface area contributed by atoms with Gasteiger partial charge in [-0.1, -0.05) is 65.8 Å². The summed E-state index contributed by atoms with van der Waals surface area (Å²) in [5.41, 5.74) is 2.79. The van der Waals surface area contributed by atoms with Gasteiger partial charge in [0.25, 0.3) is 6.47 Å². The minimum Gasteiger partial charge on any atom is -0.471 e. The molecule has 0 aliphatic heterocycles. The predicted octanol–water partition coefficient (Wildman–Crippen LogP) is 4.75. The number of benzene rings is 1. The summed E-state index contributed by atoms with van der Waals surface area (Å²) in [6.07, 6.45) is 0. The van der Waals surface area contributed by atoms with Crippen LogP contribution in [0.1, 0.15) is 58.7 Å². The van der Waals surface area contributed by atoms with Crippen molar-refractivity contribution in [3.63, 3.8) is 0 Å². The van der Waals surface area contributed by atoms with Gasteiger partial charge in [0.2, 0.25) is 0 Å². The van der Waals surface area contributed by atoms with Crippen molar-refractivity contribution in [1.82, 2.24) is 5.32 Å². The second-order valence-corrected chi connectivity index (χ2v) is 4.20. The molecule has 0 aromatic heterocycles. The molecule has 21 heavy (non-hydrogen) atoms. The Morgan fingerprint density at radius 2 is 1.52 bits per heavy atom. The van der Waals surface area contributed by atoms with Crippen LogP contribution >= 0.6 is 0 Å². The molecule has 0 aliphatic rings. The van der Waals surface area contributed by atoms with E-state index in [1.807, 2.05) is 34.7 Å². The molecule has 0 saturated heterocycles. The van der Waals surface area contributed by atoms with Crippen LogP contribution in [-0.2, 0) is 9.53 Å². The van der Waals surface area contributed by atoms with Gasteiger partial charge in [-0.25, -0.2) is 0 Å². The van der Waals surface area contributed by atoms with E-state index in [9.17, 15) is 0 Å². The van der Waals surface area contributed by atoms with Crippen molar-refractivity contribution in [2.24, 2.45) is 5.92 Å². The van der Waals surface area contributed by atoms with Crippen LogP contribution in [0.15, 0.2) is 24.3 Å². The minimum atomic E-state index is 0.375. The number of aryl methyl sites for hydroxylation is 1. The first-order chi connectivity index (χ1) is 10.1. The van der Waals surface area contributed by atoms with E-state index < -0.39 is 0 Å². The van der Waals surface area contributed by atoms with E-state index in [-0.39, 0.29) is 0 Å². The van der Waals surface area contributed by atoms with Gasteiger partial charge in [0, 0.05) is 6.04 Å². The first kappa shape index (κ1) is 24.7. The Morgan fingerprint density at radius 1 is 1.10 bits per heavy atom. The Hall–Kier alpha value is -1.35. The van der Waals surface area contributed by atoms with E-state index in [0.717, 1.165) is 0 Å². The lowest BCUT2D eigenvalue weighted by Gasteiger charge is -2.22. The molecular formula is C18H35NO2. The number of carbonyl (C=O) groups is 1. The summed E-state index contributed by atoms with van der Waals surface area (Å²) in [4.78, 5) is 8.95. The zero-order valence-electron chi connectivity index (χ0n) is 15.4. The molecule has 1 atom stereocenters. The Bertz CT molecular complexity index is 325. The maximum atomic E-state index is 8.95. The number of methoxy groups -OCH3 is 1. The number of ether oxygens (including phenoxy) is 1. The summed E-state index contributed by atoms with van der Waals surface area (Å²) in [6.45, 7) is 15.0. The highest BCUT2D eigenvalue weighted by Gasteiger charge is 2.14. The number of hydrogen-bond acceptors (Lipinski definition) is 3. The molecule has 0 spiro atoms. The van der Waals surface area contributed by atoms with Crippen molar-refractivity contribution >= 4 is 6.47 Å². The first-order valence-corrected chi connectivity index (χ1v) is 7.77. The average molecular weight is 297 g/mol. The van der Waals surface area contributed by atoms with Crippen molar-refractivity contribution in [2.75, 3.05) is 14.2 Å². The van der Waals surface area contributed by atoms with Crippen LogP contribution in [0.25, 0.3) is 0 Å². The normalized spacial score (nSPS) is 9.81. The van der Waals surface area contributed by atoms with Crippen molar-refractivity contribution in [3.8, 4) is 0 Å². The Kier molecular flexibility index (Phi) is 21.9. The SMILES string of the molecule is CC.CC.CNC(c1ccccc1C)C(C)C.COC=O. The van der Waals surface area contributed by atoms with E-state index in [1.54, 1.807) is 0 Å². The smallest absolute Gasteiger partial charge is 0.292 e. The van der Waals surface area contributed by atoms with Crippen molar-refractivity contribution < 1.29 is 9.53 Å². The fourth-order valence-corrected chi connectivity index (χ4v) is 1.78. The third-order valence-electron chi connectivity index (χ3n) is 2.60. The molecule has 0 aliphatic carbocycles. The highest BCUT2D eigenvalue weighted by atomic mass is 16.5. The molecule has 1 unspecified atom stereocenters. The fraction of sp³-hybridized carbons (Fsp3) is 0.611. The predicted molar refractivity (Wildman–Crippen MR) is 93.6 cm³/mol. The summed E-state index contributed by atoms with van der Waals surface area (Å²) >= 11 is 0. The second kappa shape index (κ2) is 18.7. The van der Waals surface area contributed by atoms with Gasteiger partial charge in [-0.2, -0.15) is 0 Å². The Labute approximate surface area is 132 Å². The Balaban J connectivity index is -0.000000343. The lowest BCUT2D eigenvalue weighted by molar-refractivity contribution is -0.126. The van der Waals surface area contributed by atoms with Gasteiger partial charge >= 0.3 is 0 Å². The molecule has 3 nitrogen and oxygen atoms in total. The Morgan fingerprint density at radius 3 is 1.81 bits per heavy atom. The molecule has 3 heteroatoms. The summed E-state index contributed by atoms with van der Waals surface area (Å²) in [6, 6.07) is 9.04. The van der Waals surface area contributed by atoms with Gasteiger partial charge in [0.05, 0.1) is 7.11 Å². The summed E-state index contributed by atoms with van der Waals surface area (Å²) in [5, 5.41) is 3.36. The number of hydrogen-bond donors (Lipinski definition) is 1. The van der Waals surface area contributed by atoms with Gasteiger partial charge in [0.1, 0.15) is 0 Å². The van der Waals surface area contributed by atoms with Crippen LogP contribution in [0.2, 0.25) is 0 Å². The minimum absolute atomic E-state index is 0.375. The van der Waals surface area contributed by atoms with Crippen molar-refractivity contribution in [1.29, 1.82) is 0 Å². The topological polar surface area (TPSA) is 38.3 Å². The van der Waals surface area contributed by atoms with E-state index in [2.05, 4.69) is 55.1 Å². The van der Waals surface area contributed by atoms with Crippen LogP contribution in [0.5, 0.6) is 0 Å². The van der Waals surface area contributed by atoms with Gasteiger partial charge in [0.15, 0.2) is 0 Å². The first-order valence-electron chi connectivity index (χ1n) is 7.77. The van der Waals surface area contributed by atoms with E-state index >= 15 is 0 Å². The number of carbonyl (C=O) groups excluding carboxylic acids is 1. The molecule has 124 valence electrons. The van der Waals surface area contributed by atoms with Crippen LogP contribution in [0.3, 0.4) is 0 Å². The molecule has 0 heterocycles. The maximum absolute atomic E-state index is 8.95. The van der Waals surface area contributed by atoms with Crippen LogP contribution in [0.4, 0.5) is 0 Å². The van der Waals surface area contributed by atoms with Crippen LogP contribution in [-0.4, -0.2) is 20.6 Å².